The summed E-state index contributed by atoms with van der Waals surface area (Å²) in [6.45, 7) is 5.44. The molecule has 1 aromatic heterocycles. The highest BCUT2D eigenvalue weighted by molar-refractivity contribution is 6.28. The third-order valence-electron chi connectivity index (χ3n) is 1.28. The quantitative estimate of drug-likeness (QED) is 0.386. The summed E-state index contributed by atoms with van der Waals surface area (Å²) in [6, 6.07) is 0. The molecule has 9 heteroatoms. The molecule has 0 aliphatic carbocycles. The van der Waals surface area contributed by atoms with Crippen LogP contribution in [0.4, 0.5) is 11.9 Å². The van der Waals surface area contributed by atoms with E-state index < -0.39 is 0 Å². The van der Waals surface area contributed by atoms with E-state index in [4.69, 9.17) is 17.0 Å². The minimum absolute atomic E-state index is 0.196. The van der Waals surface area contributed by atoms with Crippen LogP contribution in [0.25, 0.3) is 0 Å². The van der Waals surface area contributed by atoms with Crippen molar-refractivity contribution in [3.05, 3.63) is 5.28 Å². The molecule has 0 aromatic carbocycles. The summed E-state index contributed by atoms with van der Waals surface area (Å²) in [5.41, 5.74) is 8.94. The standard InChI is InChI=1S/C7H12ClN5.CH5N3/c1-3-9-6-11-5(8)12-7(13-6)10-4-2;2-1(3)4/h3-4H2,1-2H3,(H2,9,10,11,12,13);(H5,2,3,4). The van der Waals surface area contributed by atoms with Crippen molar-refractivity contribution in [2.45, 2.75) is 13.8 Å². The van der Waals surface area contributed by atoms with Crippen LogP contribution in [-0.2, 0) is 0 Å². The maximum Gasteiger partial charge on any atom is 0.228 e. The van der Waals surface area contributed by atoms with Crippen LogP contribution in [0, 0.1) is 5.41 Å². The van der Waals surface area contributed by atoms with Crippen molar-refractivity contribution >= 4 is 29.5 Å². The van der Waals surface area contributed by atoms with Crippen LogP contribution < -0.4 is 22.1 Å². The first kappa shape index (κ1) is 15.2. The van der Waals surface area contributed by atoms with Crippen molar-refractivity contribution in [1.29, 1.82) is 5.41 Å². The molecular formula is C8H17ClN8. The zero-order valence-electron chi connectivity index (χ0n) is 9.79. The molecule has 0 radical (unpaired) electrons. The lowest BCUT2D eigenvalue weighted by molar-refractivity contribution is 0.999. The van der Waals surface area contributed by atoms with E-state index in [9.17, 15) is 0 Å². The fourth-order valence-corrected chi connectivity index (χ4v) is 0.985. The fraction of sp³-hybridized carbons (Fsp3) is 0.500. The van der Waals surface area contributed by atoms with Gasteiger partial charge in [-0.1, -0.05) is 0 Å². The first-order chi connectivity index (χ1) is 7.99. The SMILES string of the molecule is CCNc1nc(Cl)nc(NCC)n1.N=C(N)N. The zero-order chi connectivity index (χ0) is 13.3. The molecule has 8 nitrogen and oxygen atoms in total. The van der Waals surface area contributed by atoms with Gasteiger partial charge in [-0.15, -0.1) is 0 Å². The smallest absolute Gasteiger partial charge is 0.228 e. The summed E-state index contributed by atoms with van der Waals surface area (Å²) in [4.78, 5) is 11.9. The summed E-state index contributed by atoms with van der Waals surface area (Å²) in [5, 5.41) is 12.2. The molecule has 0 saturated heterocycles. The lowest BCUT2D eigenvalue weighted by atomic mass is 10.7. The molecule has 0 amide bonds. The second-order valence-corrected chi connectivity index (χ2v) is 3.11. The molecule has 0 saturated carbocycles. The molecule has 96 valence electrons. The van der Waals surface area contributed by atoms with E-state index in [-0.39, 0.29) is 11.2 Å². The van der Waals surface area contributed by atoms with Gasteiger partial charge in [-0.05, 0) is 25.4 Å². The van der Waals surface area contributed by atoms with Crippen molar-refractivity contribution in [2.24, 2.45) is 11.5 Å². The molecule has 0 aliphatic rings. The van der Waals surface area contributed by atoms with E-state index in [2.05, 4.69) is 37.1 Å². The van der Waals surface area contributed by atoms with Gasteiger partial charge in [-0.2, -0.15) is 15.0 Å². The molecular weight excluding hydrogens is 244 g/mol. The van der Waals surface area contributed by atoms with E-state index in [0.29, 0.717) is 11.9 Å². The number of rotatable bonds is 4. The van der Waals surface area contributed by atoms with Gasteiger partial charge < -0.3 is 22.1 Å². The van der Waals surface area contributed by atoms with Crippen LogP contribution in [0.5, 0.6) is 0 Å². The average Bonchev–Trinajstić information content (AvgIpc) is 2.16. The van der Waals surface area contributed by atoms with Gasteiger partial charge in [0.1, 0.15) is 0 Å². The van der Waals surface area contributed by atoms with Crippen molar-refractivity contribution in [2.75, 3.05) is 23.7 Å². The molecule has 0 fully saturated rings. The fourth-order valence-electron chi connectivity index (χ4n) is 0.824. The van der Waals surface area contributed by atoms with Gasteiger partial charge in [0.2, 0.25) is 17.2 Å². The zero-order valence-corrected chi connectivity index (χ0v) is 10.5. The van der Waals surface area contributed by atoms with Gasteiger partial charge in [0.15, 0.2) is 5.96 Å². The third kappa shape index (κ3) is 8.03. The Balaban J connectivity index is 0.000000557. The van der Waals surface area contributed by atoms with Crippen LogP contribution in [0.3, 0.4) is 0 Å². The first-order valence-electron chi connectivity index (χ1n) is 4.98. The lowest BCUT2D eigenvalue weighted by Crippen LogP contribution is -2.20. The monoisotopic (exact) mass is 260 g/mol. The molecule has 0 atom stereocenters. The summed E-state index contributed by atoms with van der Waals surface area (Å²) >= 11 is 5.68. The topological polar surface area (TPSA) is 139 Å². The Morgan fingerprint density at radius 2 is 1.47 bits per heavy atom. The second-order valence-electron chi connectivity index (χ2n) is 2.77. The minimum atomic E-state index is -0.333. The lowest BCUT2D eigenvalue weighted by Gasteiger charge is -2.04. The second kappa shape index (κ2) is 8.34. The molecule has 0 bridgehead atoms. The first-order valence-corrected chi connectivity index (χ1v) is 5.36. The highest BCUT2D eigenvalue weighted by Crippen LogP contribution is 2.08. The largest absolute Gasteiger partial charge is 0.370 e. The van der Waals surface area contributed by atoms with Gasteiger partial charge in [-0.25, -0.2) is 0 Å². The Morgan fingerprint density at radius 1 is 1.12 bits per heavy atom. The number of nitrogens with zero attached hydrogens (tertiary/aromatic N) is 3. The predicted octanol–water partition coefficient (Wildman–Crippen LogP) is 0.227. The van der Waals surface area contributed by atoms with Crippen molar-refractivity contribution in [3.63, 3.8) is 0 Å². The molecule has 1 aromatic rings. The summed E-state index contributed by atoms with van der Waals surface area (Å²) in [7, 11) is 0. The molecule has 1 rings (SSSR count). The van der Waals surface area contributed by atoms with Crippen LogP contribution in [0.1, 0.15) is 13.8 Å². The Bertz CT molecular complexity index is 327. The van der Waals surface area contributed by atoms with Crippen molar-refractivity contribution < 1.29 is 0 Å². The number of hydrogen-bond donors (Lipinski definition) is 5. The maximum atomic E-state index is 6.06. The van der Waals surface area contributed by atoms with Gasteiger partial charge in [0, 0.05) is 13.1 Å². The molecule has 0 spiro atoms. The number of nitrogens with one attached hydrogen (secondary N) is 3. The van der Waals surface area contributed by atoms with Crippen LogP contribution in [0.2, 0.25) is 5.28 Å². The number of anilines is 2. The Kier molecular flexibility index (Phi) is 7.44. The number of hydrogen-bond acceptors (Lipinski definition) is 6. The molecule has 0 aliphatic heterocycles. The number of halogens is 1. The van der Waals surface area contributed by atoms with Crippen molar-refractivity contribution in [3.8, 4) is 0 Å². The van der Waals surface area contributed by atoms with Crippen LogP contribution >= 0.6 is 11.6 Å². The Morgan fingerprint density at radius 3 is 1.76 bits per heavy atom. The average molecular weight is 261 g/mol. The summed E-state index contributed by atoms with van der Waals surface area (Å²) < 4.78 is 0. The van der Waals surface area contributed by atoms with Crippen LogP contribution in [-0.4, -0.2) is 34.0 Å². The van der Waals surface area contributed by atoms with Gasteiger partial charge >= 0.3 is 0 Å². The predicted molar refractivity (Wildman–Crippen MR) is 69.3 cm³/mol. The number of nitrogens with two attached hydrogens (primary N) is 2. The van der Waals surface area contributed by atoms with Crippen molar-refractivity contribution in [1.82, 2.24) is 15.0 Å². The molecule has 7 N–H and O–H groups in total. The van der Waals surface area contributed by atoms with Gasteiger partial charge in [0.25, 0.3) is 0 Å². The van der Waals surface area contributed by atoms with E-state index in [1.807, 2.05) is 13.8 Å². The van der Waals surface area contributed by atoms with E-state index >= 15 is 0 Å². The van der Waals surface area contributed by atoms with E-state index in [1.165, 1.54) is 0 Å². The summed E-state index contributed by atoms with van der Waals surface area (Å²) in [6.07, 6.45) is 0. The minimum Gasteiger partial charge on any atom is -0.370 e. The third-order valence-corrected chi connectivity index (χ3v) is 1.45. The highest BCUT2D eigenvalue weighted by atomic mass is 35.5. The van der Waals surface area contributed by atoms with E-state index in [1.54, 1.807) is 0 Å². The Hall–Kier alpha value is -1.83. The summed E-state index contributed by atoms with van der Waals surface area (Å²) in [5.74, 6) is 0.664. The number of guanidine groups is 1. The van der Waals surface area contributed by atoms with Crippen LogP contribution in [0.15, 0.2) is 0 Å². The van der Waals surface area contributed by atoms with Gasteiger partial charge in [0.05, 0.1) is 0 Å². The maximum absolute atomic E-state index is 6.06. The normalized spacial score (nSPS) is 8.88. The number of aromatic nitrogens is 3. The highest BCUT2D eigenvalue weighted by Gasteiger charge is 2.01. The molecule has 17 heavy (non-hydrogen) atoms. The molecule has 0 unspecified atom stereocenters. The van der Waals surface area contributed by atoms with Gasteiger partial charge in [-0.3, -0.25) is 5.41 Å². The van der Waals surface area contributed by atoms with E-state index in [0.717, 1.165) is 13.1 Å². The Labute approximate surface area is 105 Å². The molecule has 1 heterocycles.